The molecule has 3 rings (SSSR count). The molecule has 0 fully saturated rings. The summed E-state index contributed by atoms with van der Waals surface area (Å²) in [4.78, 5) is 23.5. The Labute approximate surface area is 243 Å². The number of anilines is 3. The molecule has 3 aromatic rings. The molecule has 0 aliphatic heterocycles. The van der Waals surface area contributed by atoms with Crippen molar-refractivity contribution in [3.8, 4) is 5.75 Å². The van der Waals surface area contributed by atoms with Gasteiger partial charge in [0.2, 0.25) is 5.91 Å². The fourth-order valence-electron chi connectivity index (χ4n) is 3.44. The maximum Gasteiger partial charge on any atom is 0.248 e. The monoisotopic (exact) mass is 649 g/mol. The van der Waals surface area contributed by atoms with E-state index in [1.165, 1.54) is 12.4 Å². The lowest BCUT2D eigenvalue weighted by atomic mass is 10.1. The van der Waals surface area contributed by atoms with Crippen molar-refractivity contribution in [2.24, 2.45) is 0 Å². The average Bonchev–Trinajstić information content (AvgIpc) is 2.90. The molecule has 2 N–H and O–H groups in total. The molecule has 1 amide bonds. The van der Waals surface area contributed by atoms with E-state index in [2.05, 4.69) is 43.2 Å². The van der Waals surface area contributed by atoms with Gasteiger partial charge in [-0.25, -0.2) is 9.97 Å². The topological polar surface area (TPSA) is 107 Å². The van der Waals surface area contributed by atoms with Gasteiger partial charge < -0.3 is 34.5 Å². The van der Waals surface area contributed by atoms with E-state index >= 15 is 0 Å². The third-order valence-corrected chi connectivity index (χ3v) is 5.93. The molecule has 0 aliphatic rings. The lowest BCUT2D eigenvalue weighted by Gasteiger charge is -2.15. The highest BCUT2D eigenvalue weighted by molar-refractivity contribution is 14.1. The number of aromatic nitrogens is 2. The molecule has 1 heterocycles. The first kappa shape index (κ1) is 30.7. The molecule has 0 unspecified atom stereocenters. The molecule has 0 radical (unpaired) electrons. The normalized spacial score (nSPS) is 11.4. The number of carbonyl (C=O) groups excluding carboxylic acids is 1. The summed E-state index contributed by atoms with van der Waals surface area (Å²) in [6, 6.07) is 11.6. The van der Waals surface area contributed by atoms with Gasteiger partial charge in [-0.2, -0.15) is 0 Å². The second-order valence-electron chi connectivity index (χ2n) is 8.65. The zero-order chi connectivity index (χ0) is 27.9. The third kappa shape index (κ3) is 11.0. The molecule has 0 atom stereocenters. The Morgan fingerprint density at radius 2 is 1.74 bits per heavy atom. The molecule has 1 aromatic heterocycles. The van der Waals surface area contributed by atoms with Crippen LogP contribution in [0, 0.1) is 3.57 Å². The van der Waals surface area contributed by atoms with Crippen LogP contribution in [0.4, 0.5) is 17.2 Å². The van der Waals surface area contributed by atoms with Gasteiger partial charge in [0.25, 0.3) is 0 Å². The number of amides is 1. The Balaban J connectivity index is 1.71. The van der Waals surface area contributed by atoms with Crippen molar-refractivity contribution in [2.45, 2.75) is 6.92 Å². The van der Waals surface area contributed by atoms with Gasteiger partial charge in [0.15, 0.2) is 0 Å². The van der Waals surface area contributed by atoms with E-state index in [4.69, 9.17) is 18.9 Å². The summed E-state index contributed by atoms with van der Waals surface area (Å²) in [5.41, 5.74) is 2.10. The lowest BCUT2D eigenvalue weighted by molar-refractivity contribution is -0.111. The number of nitrogens with zero attached hydrogens (tertiary/aromatic N) is 3. The summed E-state index contributed by atoms with van der Waals surface area (Å²) in [5.74, 6) is 0.859. The molecule has 210 valence electrons. The number of fused-ring (bicyclic) bond motifs is 1. The predicted molar refractivity (Wildman–Crippen MR) is 162 cm³/mol. The summed E-state index contributed by atoms with van der Waals surface area (Å²) < 4.78 is 23.4. The average molecular weight is 650 g/mol. The first-order chi connectivity index (χ1) is 19.0. The molecule has 0 aliphatic carbocycles. The number of nitrogens with one attached hydrogen (secondary N) is 2. The van der Waals surface area contributed by atoms with Gasteiger partial charge in [-0.3, -0.25) is 4.79 Å². The Bertz CT molecular complexity index is 1220. The third-order valence-electron chi connectivity index (χ3n) is 5.26. The molecular weight excluding hydrogens is 613 g/mol. The summed E-state index contributed by atoms with van der Waals surface area (Å²) in [6.45, 7) is 5.99. The highest BCUT2D eigenvalue weighted by atomic mass is 127. The van der Waals surface area contributed by atoms with Gasteiger partial charge >= 0.3 is 0 Å². The number of ether oxygens (including phenoxy) is 4. The van der Waals surface area contributed by atoms with Gasteiger partial charge in [-0.15, -0.1) is 0 Å². The molecule has 10 nitrogen and oxygen atoms in total. The van der Waals surface area contributed by atoms with Gasteiger partial charge in [0.05, 0.1) is 44.2 Å². The molecule has 0 saturated carbocycles. The molecule has 0 saturated heterocycles. The molecule has 0 bridgehead atoms. The minimum Gasteiger partial charge on any atom is -0.489 e. The van der Waals surface area contributed by atoms with Crippen molar-refractivity contribution < 1.29 is 23.7 Å². The minimum absolute atomic E-state index is 0.259. The van der Waals surface area contributed by atoms with E-state index in [0.717, 1.165) is 14.6 Å². The second-order valence-corrected chi connectivity index (χ2v) is 9.89. The largest absolute Gasteiger partial charge is 0.489 e. The molecular formula is C28H36IN5O5. The van der Waals surface area contributed by atoms with E-state index in [-0.39, 0.29) is 5.91 Å². The Morgan fingerprint density at radius 1 is 1.00 bits per heavy atom. The van der Waals surface area contributed by atoms with Crippen LogP contribution in [-0.4, -0.2) is 87.7 Å². The van der Waals surface area contributed by atoms with Crippen LogP contribution in [0.2, 0.25) is 0 Å². The number of rotatable bonds is 17. The fraction of sp³-hybridized carbons (Fsp3) is 0.393. The van der Waals surface area contributed by atoms with E-state index in [1.807, 2.05) is 56.3 Å². The standard InChI is InChI=1S/C28H36IN5O5/c1-4-36-11-12-37-13-14-38-15-16-39-26-19-24-23(18-25(26)33-27(35)9-6-10-34(2)3)28(31-20-30-24)32-22-8-5-7-21(29)17-22/h5-9,17-20H,4,10-16H2,1-3H3,(H,33,35)(H,30,31,32). The van der Waals surface area contributed by atoms with E-state index in [9.17, 15) is 4.79 Å². The van der Waals surface area contributed by atoms with Crippen molar-refractivity contribution in [3.63, 3.8) is 0 Å². The van der Waals surface area contributed by atoms with Crippen LogP contribution in [0.1, 0.15) is 6.92 Å². The van der Waals surface area contributed by atoms with Crippen LogP contribution in [0.5, 0.6) is 5.75 Å². The highest BCUT2D eigenvalue weighted by Crippen LogP contribution is 2.33. The van der Waals surface area contributed by atoms with Gasteiger partial charge in [-0.05, 0) is 67.9 Å². The van der Waals surface area contributed by atoms with Crippen LogP contribution >= 0.6 is 22.6 Å². The van der Waals surface area contributed by atoms with Gasteiger partial charge in [-0.1, -0.05) is 12.1 Å². The lowest BCUT2D eigenvalue weighted by Crippen LogP contribution is -2.15. The highest BCUT2D eigenvalue weighted by Gasteiger charge is 2.13. The molecule has 11 heteroatoms. The fourth-order valence-corrected chi connectivity index (χ4v) is 3.99. The second kappa shape index (κ2) is 17.0. The maximum atomic E-state index is 12.7. The van der Waals surface area contributed by atoms with E-state index < -0.39 is 0 Å². The number of benzene rings is 2. The SMILES string of the molecule is CCOCCOCCOCCOc1cc2ncnc(Nc3cccc(I)c3)c2cc1NC(=O)C=CCN(C)C. The predicted octanol–water partition coefficient (Wildman–Crippen LogP) is 4.48. The van der Waals surface area contributed by atoms with Crippen molar-refractivity contribution in [1.29, 1.82) is 0 Å². The number of likely N-dealkylation sites (N-methyl/N-ethyl adjacent to an activating group) is 1. The summed E-state index contributed by atoms with van der Waals surface area (Å²) in [6.07, 6.45) is 4.81. The summed E-state index contributed by atoms with van der Waals surface area (Å²) in [5, 5.41) is 7.04. The Kier molecular flexibility index (Phi) is 13.4. The molecule has 2 aromatic carbocycles. The number of hydrogen-bond acceptors (Lipinski definition) is 9. The number of hydrogen-bond donors (Lipinski definition) is 2. The van der Waals surface area contributed by atoms with Crippen LogP contribution in [0.3, 0.4) is 0 Å². The van der Waals surface area contributed by atoms with Crippen LogP contribution < -0.4 is 15.4 Å². The van der Waals surface area contributed by atoms with Gasteiger partial charge in [0.1, 0.15) is 24.5 Å². The molecule has 39 heavy (non-hydrogen) atoms. The van der Waals surface area contributed by atoms with Crippen molar-refractivity contribution in [1.82, 2.24) is 14.9 Å². The first-order valence-electron chi connectivity index (χ1n) is 12.8. The minimum atomic E-state index is -0.259. The van der Waals surface area contributed by atoms with Crippen molar-refractivity contribution in [2.75, 3.05) is 77.5 Å². The smallest absolute Gasteiger partial charge is 0.248 e. The molecule has 0 spiro atoms. The number of halogens is 1. The van der Waals surface area contributed by atoms with Crippen molar-refractivity contribution in [3.05, 3.63) is 58.4 Å². The summed E-state index contributed by atoms with van der Waals surface area (Å²) >= 11 is 2.26. The first-order valence-corrected chi connectivity index (χ1v) is 13.8. The van der Waals surface area contributed by atoms with E-state index in [1.54, 1.807) is 12.1 Å². The van der Waals surface area contributed by atoms with Crippen LogP contribution in [0.15, 0.2) is 54.9 Å². The maximum absolute atomic E-state index is 12.7. The van der Waals surface area contributed by atoms with E-state index in [0.29, 0.717) is 75.6 Å². The van der Waals surface area contributed by atoms with Crippen LogP contribution in [-0.2, 0) is 19.0 Å². The Hall–Kier alpha value is -2.84. The number of carbonyl (C=O) groups is 1. The van der Waals surface area contributed by atoms with Gasteiger partial charge in [0, 0.05) is 39.9 Å². The quantitative estimate of drug-likeness (QED) is 0.124. The summed E-state index contributed by atoms with van der Waals surface area (Å²) in [7, 11) is 3.88. The van der Waals surface area contributed by atoms with Crippen LogP contribution in [0.25, 0.3) is 10.9 Å². The van der Waals surface area contributed by atoms with Crippen molar-refractivity contribution >= 4 is 56.6 Å². The zero-order valence-electron chi connectivity index (χ0n) is 22.6. The zero-order valence-corrected chi connectivity index (χ0v) is 24.8. The Morgan fingerprint density at radius 3 is 2.46 bits per heavy atom.